The lowest BCUT2D eigenvalue weighted by atomic mass is 10.1. The Morgan fingerprint density at radius 3 is 2.52 bits per heavy atom. The maximum atomic E-state index is 12.8. The van der Waals surface area contributed by atoms with Crippen LogP contribution in [0.1, 0.15) is 17.5 Å². The van der Waals surface area contributed by atoms with Gasteiger partial charge in [-0.15, -0.1) is 0 Å². The predicted molar refractivity (Wildman–Crippen MR) is 123 cm³/mol. The SMILES string of the molecule is CN(Cc1cn(-c2ccccc2)nc1-c1ccc(Cl)cc1)C(=O)CCc1cccnc1. The number of carbonyl (C=O) groups is 1. The number of benzene rings is 2. The Morgan fingerprint density at radius 1 is 1.03 bits per heavy atom. The number of carbonyl (C=O) groups excluding carboxylic acids is 1. The van der Waals surface area contributed by atoms with Crippen LogP contribution >= 0.6 is 11.6 Å². The first-order chi connectivity index (χ1) is 15.1. The molecule has 2 aromatic heterocycles. The zero-order valence-corrected chi connectivity index (χ0v) is 18.0. The number of aryl methyl sites for hydroxylation is 1. The first-order valence-electron chi connectivity index (χ1n) is 10.1. The van der Waals surface area contributed by atoms with Gasteiger partial charge in [0.15, 0.2) is 0 Å². The van der Waals surface area contributed by atoms with E-state index in [0.717, 1.165) is 28.1 Å². The minimum atomic E-state index is 0.0818. The molecule has 0 aliphatic heterocycles. The topological polar surface area (TPSA) is 51.0 Å². The van der Waals surface area contributed by atoms with Crippen LogP contribution in [0.4, 0.5) is 0 Å². The van der Waals surface area contributed by atoms with Gasteiger partial charge in [-0.2, -0.15) is 5.10 Å². The molecular formula is C25H23ClN4O. The van der Waals surface area contributed by atoms with E-state index in [-0.39, 0.29) is 5.91 Å². The second-order valence-electron chi connectivity index (χ2n) is 7.40. The average Bonchev–Trinajstić information content (AvgIpc) is 3.23. The van der Waals surface area contributed by atoms with Crippen molar-refractivity contribution in [1.29, 1.82) is 0 Å². The van der Waals surface area contributed by atoms with E-state index in [1.807, 2.05) is 84.7 Å². The third-order valence-corrected chi connectivity index (χ3v) is 5.36. The fourth-order valence-electron chi connectivity index (χ4n) is 3.42. The van der Waals surface area contributed by atoms with Gasteiger partial charge >= 0.3 is 0 Å². The van der Waals surface area contributed by atoms with E-state index in [0.29, 0.717) is 24.4 Å². The van der Waals surface area contributed by atoms with Gasteiger partial charge in [0.2, 0.25) is 5.91 Å². The van der Waals surface area contributed by atoms with E-state index in [9.17, 15) is 4.79 Å². The van der Waals surface area contributed by atoms with Crippen LogP contribution in [0.3, 0.4) is 0 Å². The van der Waals surface area contributed by atoms with Gasteiger partial charge in [-0.05, 0) is 42.3 Å². The largest absolute Gasteiger partial charge is 0.341 e. The summed E-state index contributed by atoms with van der Waals surface area (Å²) in [6, 6.07) is 21.4. The van der Waals surface area contributed by atoms with E-state index >= 15 is 0 Å². The number of aromatic nitrogens is 3. The van der Waals surface area contributed by atoms with Crippen molar-refractivity contribution in [2.45, 2.75) is 19.4 Å². The highest BCUT2D eigenvalue weighted by molar-refractivity contribution is 6.30. The molecule has 0 saturated heterocycles. The zero-order valence-electron chi connectivity index (χ0n) is 17.3. The van der Waals surface area contributed by atoms with Crippen molar-refractivity contribution < 1.29 is 4.79 Å². The van der Waals surface area contributed by atoms with E-state index in [4.69, 9.17) is 16.7 Å². The molecule has 0 spiro atoms. The summed E-state index contributed by atoms with van der Waals surface area (Å²) in [5.74, 6) is 0.0818. The second-order valence-corrected chi connectivity index (χ2v) is 7.84. The summed E-state index contributed by atoms with van der Waals surface area (Å²) in [6.45, 7) is 0.469. The van der Waals surface area contributed by atoms with Gasteiger partial charge in [-0.3, -0.25) is 9.78 Å². The maximum absolute atomic E-state index is 12.8. The van der Waals surface area contributed by atoms with Crippen molar-refractivity contribution in [3.63, 3.8) is 0 Å². The number of nitrogens with zero attached hydrogens (tertiary/aromatic N) is 4. The van der Waals surface area contributed by atoms with E-state index in [1.165, 1.54) is 0 Å². The number of hydrogen-bond acceptors (Lipinski definition) is 3. The molecule has 1 amide bonds. The Kier molecular flexibility index (Phi) is 6.43. The molecule has 0 aliphatic rings. The molecule has 0 fully saturated rings. The number of hydrogen-bond donors (Lipinski definition) is 0. The fourth-order valence-corrected chi connectivity index (χ4v) is 3.55. The molecule has 31 heavy (non-hydrogen) atoms. The normalized spacial score (nSPS) is 10.8. The molecule has 2 aromatic carbocycles. The fraction of sp³-hybridized carbons (Fsp3) is 0.160. The Bertz CT molecular complexity index is 1140. The Morgan fingerprint density at radius 2 is 1.81 bits per heavy atom. The molecule has 5 nitrogen and oxygen atoms in total. The summed E-state index contributed by atoms with van der Waals surface area (Å²) in [4.78, 5) is 18.6. The van der Waals surface area contributed by atoms with E-state index < -0.39 is 0 Å². The smallest absolute Gasteiger partial charge is 0.222 e. The van der Waals surface area contributed by atoms with Crippen LogP contribution in [0.5, 0.6) is 0 Å². The molecule has 4 rings (SSSR count). The molecule has 4 aromatic rings. The van der Waals surface area contributed by atoms with Crippen LogP contribution < -0.4 is 0 Å². The van der Waals surface area contributed by atoms with Crippen LogP contribution in [0.2, 0.25) is 5.02 Å². The molecule has 0 aliphatic carbocycles. The molecule has 0 unspecified atom stereocenters. The van der Waals surface area contributed by atoms with Crippen molar-refractivity contribution in [3.8, 4) is 16.9 Å². The quantitative estimate of drug-likeness (QED) is 0.406. The highest BCUT2D eigenvalue weighted by Gasteiger charge is 2.17. The molecule has 0 atom stereocenters. The predicted octanol–water partition coefficient (Wildman–Crippen LogP) is 5.18. The lowest BCUT2D eigenvalue weighted by Gasteiger charge is -2.17. The Labute approximate surface area is 186 Å². The number of halogens is 1. The Balaban J connectivity index is 1.56. The standard InChI is InChI=1S/C25H23ClN4O/c1-29(24(31)14-9-19-6-5-15-27-16-19)17-21-18-30(23-7-3-2-4-8-23)28-25(21)20-10-12-22(26)13-11-20/h2-8,10-13,15-16,18H,9,14,17H2,1H3. The van der Waals surface area contributed by atoms with Crippen molar-refractivity contribution in [3.05, 3.63) is 101 Å². The zero-order chi connectivity index (χ0) is 21.6. The number of para-hydroxylation sites is 1. The summed E-state index contributed by atoms with van der Waals surface area (Å²) in [5, 5.41) is 5.49. The minimum absolute atomic E-state index is 0.0818. The van der Waals surface area contributed by atoms with Crippen molar-refractivity contribution in [2.75, 3.05) is 7.05 Å². The highest BCUT2D eigenvalue weighted by Crippen LogP contribution is 2.26. The van der Waals surface area contributed by atoms with Crippen LogP contribution in [0.25, 0.3) is 16.9 Å². The molecule has 6 heteroatoms. The van der Waals surface area contributed by atoms with Crippen LogP contribution in [0, 0.1) is 0 Å². The van der Waals surface area contributed by atoms with Gasteiger partial charge in [-0.25, -0.2) is 4.68 Å². The second kappa shape index (κ2) is 9.58. The molecule has 0 saturated carbocycles. The van der Waals surface area contributed by atoms with Gasteiger partial charge in [0.25, 0.3) is 0 Å². The molecule has 0 radical (unpaired) electrons. The highest BCUT2D eigenvalue weighted by atomic mass is 35.5. The Hall–Kier alpha value is -3.44. The van der Waals surface area contributed by atoms with Crippen molar-refractivity contribution in [2.24, 2.45) is 0 Å². The van der Waals surface area contributed by atoms with Gasteiger partial charge < -0.3 is 4.90 Å². The van der Waals surface area contributed by atoms with E-state index in [1.54, 1.807) is 17.3 Å². The van der Waals surface area contributed by atoms with Crippen molar-refractivity contribution >= 4 is 17.5 Å². The molecule has 156 valence electrons. The molecule has 2 heterocycles. The first-order valence-corrected chi connectivity index (χ1v) is 10.5. The maximum Gasteiger partial charge on any atom is 0.222 e. The molecule has 0 bridgehead atoms. The number of pyridine rings is 1. The first kappa shape index (κ1) is 20.8. The monoisotopic (exact) mass is 430 g/mol. The summed E-state index contributed by atoms with van der Waals surface area (Å²) in [6.07, 6.45) is 6.63. The van der Waals surface area contributed by atoms with E-state index in [2.05, 4.69) is 4.98 Å². The minimum Gasteiger partial charge on any atom is -0.341 e. The van der Waals surface area contributed by atoms with Gasteiger partial charge in [0, 0.05) is 54.8 Å². The summed E-state index contributed by atoms with van der Waals surface area (Å²) in [5.41, 5.74) is 4.80. The van der Waals surface area contributed by atoms with Crippen LogP contribution in [0.15, 0.2) is 85.3 Å². The van der Waals surface area contributed by atoms with Gasteiger partial charge in [0.1, 0.15) is 0 Å². The molecular weight excluding hydrogens is 408 g/mol. The summed E-state index contributed by atoms with van der Waals surface area (Å²) >= 11 is 6.07. The number of amides is 1. The third kappa shape index (κ3) is 5.19. The molecule has 0 N–H and O–H groups in total. The van der Waals surface area contributed by atoms with Crippen LogP contribution in [-0.2, 0) is 17.8 Å². The van der Waals surface area contributed by atoms with Gasteiger partial charge in [-0.1, -0.05) is 48.0 Å². The third-order valence-electron chi connectivity index (χ3n) is 5.11. The number of rotatable bonds is 7. The lowest BCUT2D eigenvalue weighted by Crippen LogP contribution is -2.26. The summed E-state index contributed by atoms with van der Waals surface area (Å²) < 4.78 is 1.85. The average molecular weight is 431 g/mol. The van der Waals surface area contributed by atoms with Gasteiger partial charge in [0.05, 0.1) is 11.4 Å². The van der Waals surface area contributed by atoms with Crippen LogP contribution in [-0.4, -0.2) is 32.6 Å². The van der Waals surface area contributed by atoms with Crippen molar-refractivity contribution in [1.82, 2.24) is 19.7 Å². The summed E-state index contributed by atoms with van der Waals surface area (Å²) in [7, 11) is 1.83. The lowest BCUT2D eigenvalue weighted by molar-refractivity contribution is -0.130.